The predicted molar refractivity (Wildman–Crippen MR) is 52.0 cm³/mol. The minimum Gasteiger partial charge on any atom is -0.379 e. The maximum absolute atomic E-state index is 11.6. The number of nitrogens with zero attached hydrogens (tertiary/aromatic N) is 1. The molecule has 13 heavy (non-hydrogen) atoms. The predicted octanol–water partition coefficient (Wildman–Crippen LogP) is 1.21. The number of hydrogen-bond acceptors (Lipinski definition) is 2. The highest BCUT2D eigenvalue weighted by Crippen LogP contribution is 2.18. The zero-order valence-electron chi connectivity index (χ0n) is 7.34. The van der Waals surface area contributed by atoms with Crippen LogP contribution in [0.3, 0.4) is 0 Å². The van der Waals surface area contributed by atoms with Crippen molar-refractivity contribution >= 4 is 15.9 Å². The molecule has 1 unspecified atom stereocenters. The van der Waals surface area contributed by atoms with Gasteiger partial charge in [0, 0.05) is 12.3 Å². The Morgan fingerprint density at radius 1 is 1.69 bits per heavy atom. The van der Waals surface area contributed by atoms with Crippen molar-refractivity contribution in [1.29, 1.82) is 0 Å². The molecule has 0 aliphatic carbocycles. The molecule has 0 amide bonds. The fraction of sp³-hybridized carbons (Fsp3) is 0.625. The Labute approximate surface area is 84.0 Å². The molecule has 0 aromatic carbocycles. The summed E-state index contributed by atoms with van der Waals surface area (Å²) in [7, 11) is 0. The van der Waals surface area contributed by atoms with Gasteiger partial charge in [-0.2, -0.15) is 0 Å². The summed E-state index contributed by atoms with van der Waals surface area (Å²) in [6.45, 7) is 3.25. The third kappa shape index (κ3) is 1.46. The molecule has 4 nitrogen and oxygen atoms in total. The average molecular weight is 247 g/mol. The summed E-state index contributed by atoms with van der Waals surface area (Å²) >= 11 is 3.24. The molecule has 1 N–H and O–H groups in total. The van der Waals surface area contributed by atoms with Gasteiger partial charge in [0.25, 0.3) is 5.56 Å². The number of hydrogen-bond donors (Lipinski definition) is 1. The van der Waals surface area contributed by atoms with Gasteiger partial charge in [0.05, 0.1) is 12.6 Å². The summed E-state index contributed by atoms with van der Waals surface area (Å²) < 4.78 is 7.49. The van der Waals surface area contributed by atoms with Crippen LogP contribution in [0, 0.1) is 6.92 Å². The molecule has 0 radical (unpaired) electrons. The number of halogens is 1. The van der Waals surface area contributed by atoms with E-state index >= 15 is 0 Å². The van der Waals surface area contributed by atoms with Crippen LogP contribution in [0.1, 0.15) is 18.2 Å². The van der Waals surface area contributed by atoms with Crippen LogP contribution in [0.15, 0.2) is 9.27 Å². The Balaban J connectivity index is 2.40. The van der Waals surface area contributed by atoms with E-state index in [4.69, 9.17) is 4.74 Å². The van der Waals surface area contributed by atoms with Gasteiger partial charge in [0.2, 0.25) is 0 Å². The lowest BCUT2D eigenvalue weighted by Gasteiger charge is -2.07. The maximum Gasteiger partial charge on any atom is 0.281 e. The number of rotatable bonds is 1. The molecule has 1 aromatic heterocycles. The van der Waals surface area contributed by atoms with Crippen LogP contribution in [0.25, 0.3) is 0 Å². The molecule has 1 aliphatic rings. The fourth-order valence-corrected chi connectivity index (χ4v) is 1.81. The Kier molecular flexibility index (Phi) is 2.29. The minimum absolute atomic E-state index is 0.00741. The Bertz CT molecular complexity index is 363. The molecule has 0 spiro atoms. The number of aryl methyl sites for hydroxylation is 1. The molecule has 0 saturated carbocycles. The SMILES string of the molecule is Cc1[nH]n(C2CCOC2)c(=O)c1Br. The molecule has 0 bridgehead atoms. The van der Waals surface area contributed by atoms with Gasteiger partial charge < -0.3 is 4.74 Å². The van der Waals surface area contributed by atoms with Crippen molar-refractivity contribution in [1.82, 2.24) is 9.78 Å². The molecular formula is C8H11BrN2O2. The van der Waals surface area contributed by atoms with Crippen LogP contribution in [-0.2, 0) is 4.74 Å². The van der Waals surface area contributed by atoms with E-state index in [1.165, 1.54) is 0 Å². The second kappa shape index (κ2) is 3.31. The normalized spacial score (nSPS) is 22.5. The first kappa shape index (κ1) is 9.02. The van der Waals surface area contributed by atoms with E-state index < -0.39 is 0 Å². The van der Waals surface area contributed by atoms with Gasteiger partial charge >= 0.3 is 0 Å². The molecule has 5 heteroatoms. The maximum atomic E-state index is 11.6. The van der Waals surface area contributed by atoms with E-state index in [1.807, 2.05) is 6.92 Å². The number of aromatic nitrogens is 2. The van der Waals surface area contributed by atoms with Crippen molar-refractivity contribution in [3.63, 3.8) is 0 Å². The van der Waals surface area contributed by atoms with E-state index in [-0.39, 0.29) is 11.6 Å². The van der Waals surface area contributed by atoms with Crippen molar-refractivity contribution in [3.05, 3.63) is 20.5 Å². The first-order valence-electron chi connectivity index (χ1n) is 4.24. The van der Waals surface area contributed by atoms with Crippen LogP contribution in [0.4, 0.5) is 0 Å². The highest BCUT2D eigenvalue weighted by atomic mass is 79.9. The Hall–Kier alpha value is -0.550. The molecule has 2 heterocycles. The van der Waals surface area contributed by atoms with Gasteiger partial charge in [0.15, 0.2) is 0 Å². The molecule has 1 saturated heterocycles. The van der Waals surface area contributed by atoms with Gasteiger partial charge in [-0.3, -0.25) is 9.89 Å². The summed E-state index contributed by atoms with van der Waals surface area (Å²) in [5.41, 5.74) is 0.880. The van der Waals surface area contributed by atoms with Crippen LogP contribution >= 0.6 is 15.9 Å². The van der Waals surface area contributed by atoms with E-state index in [1.54, 1.807) is 4.68 Å². The van der Waals surface area contributed by atoms with Crippen molar-refractivity contribution in [3.8, 4) is 0 Å². The fourth-order valence-electron chi connectivity index (χ4n) is 1.53. The average Bonchev–Trinajstić information content (AvgIpc) is 2.70. The molecule has 72 valence electrons. The van der Waals surface area contributed by atoms with Crippen molar-refractivity contribution in [2.75, 3.05) is 13.2 Å². The van der Waals surface area contributed by atoms with Crippen LogP contribution in [0.5, 0.6) is 0 Å². The summed E-state index contributed by atoms with van der Waals surface area (Å²) in [5.74, 6) is 0. The van der Waals surface area contributed by atoms with Crippen LogP contribution in [0.2, 0.25) is 0 Å². The van der Waals surface area contributed by atoms with Crippen LogP contribution < -0.4 is 5.56 Å². The van der Waals surface area contributed by atoms with Gasteiger partial charge in [0.1, 0.15) is 4.47 Å². The van der Waals surface area contributed by atoms with Crippen molar-refractivity contribution in [2.45, 2.75) is 19.4 Å². The number of nitrogens with one attached hydrogen (secondary N) is 1. The molecule has 1 aromatic rings. The second-order valence-electron chi connectivity index (χ2n) is 3.24. The van der Waals surface area contributed by atoms with E-state index in [0.717, 1.165) is 18.7 Å². The molecule has 2 rings (SSSR count). The summed E-state index contributed by atoms with van der Waals surface area (Å²) in [6.07, 6.45) is 0.909. The van der Waals surface area contributed by atoms with Crippen molar-refractivity contribution in [2.24, 2.45) is 0 Å². The number of H-pyrrole nitrogens is 1. The largest absolute Gasteiger partial charge is 0.379 e. The Morgan fingerprint density at radius 2 is 2.46 bits per heavy atom. The summed E-state index contributed by atoms with van der Waals surface area (Å²) in [4.78, 5) is 11.6. The summed E-state index contributed by atoms with van der Waals surface area (Å²) in [6, 6.07) is 0.178. The third-order valence-electron chi connectivity index (χ3n) is 2.29. The lowest BCUT2D eigenvalue weighted by atomic mass is 10.3. The molecule has 1 atom stereocenters. The third-order valence-corrected chi connectivity index (χ3v) is 3.23. The molecule has 1 aliphatic heterocycles. The number of aromatic amines is 1. The van der Waals surface area contributed by atoms with Gasteiger partial charge in [-0.25, -0.2) is 4.68 Å². The quantitative estimate of drug-likeness (QED) is 0.810. The monoisotopic (exact) mass is 246 g/mol. The van der Waals surface area contributed by atoms with E-state index in [0.29, 0.717) is 11.1 Å². The Morgan fingerprint density at radius 3 is 2.92 bits per heavy atom. The van der Waals surface area contributed by atoms with E-state index in [9.17, 15) is 4.79 Å². The highest BCUT2D eigenvalue weighted by molar-refractivity contribution is 9.10. The topological polar surface area (TPSA) is 47.0 Å². The first-order chi connectivity index (χ1) is 6.20. The first-order valence-corrected chi connectivity index (χ1v) is 5.04. The minimum atomic E-state index is 0.00741. The molecule has 1 fully saturated rings. The zero-order valence-corrected chi connectivity index (χ0v) is 8.93. The van der Waals surface area contributed by atoms with Gasteiger partial charge in [-0.15, -0.1) is 0 Å². The lowest BCUT2D eigenvalue weighted by Crippen LogP contribution is -2.22. The van der Waals surface area contributed by atoms with Crippen LogP contribution in [-0.4, -0.2) is 23.0 Å². The zero-order chi connectivity index (χ0) is 9.42. The van der Waals surface area contributed by atoms with Gasteiger partial charge in [-0.05, 0) is 29.3 Å². The summed E-state index contributed by atoms with van der Waals surface area (Å²) in [5, 5.41) is 3.03. The highest BCUT2D eigenvalue weighted by Gasteiger charge is 2.21. The second-order valence-corrected chi connectivity index (χ2v) is 4.04. The van der Waals surface area contributed by atoms with Gasteiger partial charge in [-0.1, -0.05) is 0 Å². The smallest absolute Gasteiger partial charge is 0.281 e. The number of ether oxygens (including phenoxy) is 1. The van der Waals surface area contributed by atoms with Crippen molar-refractivity contribution < 1.29 is 4.74 Å². The molecular weight excluding hydrogens is 236 g/mol. The standard InChI is InChI=1S/C8H11BrN2O2/c1-5-7(9)8(12)11(10-5)6-2-3-13-4-6/h6,10H,2-4H2,1H3. The lowest BCUT2D eigenvalue weighted by molar-refractivity contribution is 0.184. The van der Waals surface area contributed by atoms with E-state index in [2.05, 4.69) is 21.0 Å².